The highest BCUT2D eigenvalue weighted by Crippen LogP contribution is 2.22. The molecule has 0 aliphatic heterocycles. The van der Waals surface area contributed by atoms with E-state index in [1.165, 1.54) is 12.4 Å². The minimum absolute atomic E-state index is 0.460. The molecule has 0 aliphatic carbocycles. The molecule has 0 radical (unpaired) electrons. The van der Waals surface area contributed by atoms with Crippen LogP contribution in [0, 0.1) is 6.92 Å². The first-order valence-electron chi connectivity index (χ1n) is 4.74. The summed E-state index contributed by atoms with van der Waals surface area (Å²) in [7, 11) is 0. The fourth-order valence-electron chi connectivity index (χ4n) is 1.28. The summed E-state index contributed by atoms with van der Waals surface area (Å²) in [5.41, 5.74) is 2.31. The normalized spacial score (nSPS) is 10.1. The van der Waals surface area contributed by atoms with Crippen LogP contribution in [0.2, 0.25) is 5.02 Å². The first-order valence-corrected chi connectivity index (χ1v) is 5.12. The second-order valence-electron chi connectivity index (χ2n) is 3.42. The molecule has 0 atom stereocenters. The minimum atomic E-state index is 0.460. The zero-order valence-electron chi connectivity index (χ0n) is 8.64. The SMILES string of the molecule is Cc1ccc(-c2ncc(C=O)cn2)cc1Cl. The maximum absolute atomic E-state index is 10.5. The van der Waals surface area contributed by atoms with E-state index < -0.39 is 0 Å². The molecule has 0 fully saturated rings. The molecule has 3 nitrogen and oxygen atoms in total. The maximum atomic E-state index is 10.5. The van der Waals surface area contributed by atoms with Crippen molar-refractivity contribution in [1.29, 1.82) is 0 Å². The molecule has 0 saturated carbocycles. The number of rotatable bonds is 2. The number of carbonyl (C=O) groups is 1. The molecule has 1 aromatic heterocycles. The zero-order chi connectivity index (χ0) is 11.5. The van der Waals surface area contributed by atoms with Gasteiger partial charge in [-0.05, 0) is 18.6 Å². The molecule has 0 aliphatic rings. The van der Waals surface area contributed by atoms with Crippen molar-refractivity contribution in [1.82, 2.24) is 9.97 Å². The third-order valence-corrected chi connectivity index (χ3v) is 2.65. The quantitative estimate of drug-likeness (QED) is 0.748. The second kappa shape index (κ2) is 4.41. The van der Waals surface area contributed by atoms with Crippen LogP contribution in [0.15, 0.2) is 30.6 Å². The molecular weight excluding hydrogens is 224 g/mol. The van der Waals surface area contributed by atoms with Crippen LogP contribution >= 0.6 is 11.6 Å². The van der Waals surface area contributed by atoms with Crippen LogP contribution < -0.4 is 0 Å². The standard InChI is InChI=1S/C12H9ClN2O/c1-8-2-3-10(4-11(8)13)12-14-5-9(7-16)6-15-12/h2-7H,1H3. The Bertz CT molecular complexity index is 523. The van der Waals surface area contributed by atoms with Crippen molar-refractivity contribution >= 4 is 17.9 Å². The Labute approximate surface area is 98.1 Å². The van der Waals surface area contributed by atoms with Crippen molar-refractivity contribution in [3.8, 4) is 11.4 Å². The van der Waals surface area contributed by atoms with Gasteiger partial charge in [0, 0.05) is 23.0 Å². The number of aldehydes is 1. The van der Waals surface area contributed by atoms with E-state index in [1.807, 2.05) is 25.1 Å². The molecule has 16 heavy (non-hydrogen) atoms. The zero-order valence-corrected chi connectivity index (χ0v) is 9.40. The van der Waals surface area contributed by atoms with Gasteiger partial charge < -0.3 is 0 Å². The number of hydrogen-bond donors (Lipinski definition) is 0. The third-order valence-electron chi connectivity index (χ3n) is 2.24. The molecule has 0 saturated heterocycles. The molecule has 0 unspecified atom stereocenters. The fraction of sp³-hybridized carbons (Fsp3) is 0.0833. The topological polar surface area (TPSA) is 42.9 Å². The third kappa shape index (κ3) is 2.09. The van der Waals surface area contributed by atoms with Crippen molar-refractivity contribution < 1.29 is 4.79 Å². The van der Waals surface area contributed by atoms with E-state index in [0.29, 0.717) is 22.7 Å². The minimum Gasteiger partial charge on any atom is -0.298 e. The molecule has 0 spiro atoms. The van der Waals surface area contributed by atoms with Gasteiger partial charge in [-0.15, -0.1) is 0 Å². The van der Waals surface area contributed by atoms with Crippen molar-refractivity contribution in [3.63, 3.8) is 0 Å². The number of halogens is 1. The Morgan fingerprint density at radius 1 is 1.25 bits per heavy atom. The van der Waals surface area contributed by atoms with Gasteiger partial charge in [0.2, 0.25) is 0 Å². The smallest absolute Gasteiger partial charge is 0.159 e. The van der Waals surface area contributed by atoms with Gasteiger partial charge in [0.1, 0.15) is 0 Å². The van der Waals surface area contributed by atoms with Gasteiger partial charge in [0.05, 0.1) is 5.56 Å². The Hall–Kier alpha value is -1.74. The molecule has 1 heterocycles. The predicted molar refractivity (Wildman–Crippen MR) is 62.6 cm³/mol. The molecule has 0 N–H and O–H groups in total. The average molecular weight is 233 g/mol. The summed E-state index contributed by atoms with van der Waals surface area (Å²) >= 11 is 6.01. The number of aromatic nitrogens is 2. The van der Waals surface area contributed by atoms with Crippen LogP contribution in [0.3, 0.4) is 0 Å². The van der Waals surface area contributed by atoms with Crippen LogP contribution in [0.1, 0.15) is 15.9 Å². The van der Waals surface area contributed by atoms with Crippen molar-refractivity contribution in [2.75, 3.05) is 0 Å². The van der Waals surface area contributed by atoms with Crippen LogP contribution in [-0.2, 0) is 0 Å². The summed E-state index contributed by atoms with van der Waals surface area (Å²) in [6.45, 7) is 1.93. The summed E-state index contributed by atoms with van der Waals surface area (Å²) < 4.78 is 0. The molecule has 2 rings (SSSR count). The van der Waals surface area contributed by atoms with Gasteiger partial charge in [0.15, 0.2) is 12.1 Å². The first-order chi connectivity index (χ1) is 7.70. The summed E-state index contributed by atoms with van der Waals surface area (Å²) in [4.78, 5) is 18.6. The lowest BCUT2D eigenvalue weighted by Gasteiger charge is -2.02. The summed E-state index contributed by atoms with van der Waals surface area (Å²) in [6.07, 6.45) is 3.69. The van der Waals surface area contributed by atoms with Gasteiger partial charge in [-0.1, -0.05) is 23.7 Å². The van der Waals surface area contributed by atoms with E-state index >= 15 is 0 Å². The molecule has 2 aromatic rings. The van der Waals surface area contributed by atoms with Crippen LogP contribution in [0.5, 0.6) is 0 Å². The van der Waals surface area contributed by atoms with Gasteiger partial charge in [-0.2, -0.15) is 0 Å². The first kappa shape index (κ1) is 10.8. The van der Waals surface area contributed by atoms with Crippen LogP contribution in [0.4, 0.5) is 0 Å². The predicted octanol–water partition coefficient (Wildman–Crippen LogP) is 2.92. The summed E-state index contributed by atoms with van der Waals surface area (Å²) in [5.74, 6) is 0.563. The molecule has 80 valence electrons. The Morgan fingerprint density at radius 3 is 2.50 bits per heavy atom. The van der Waals surface area contributed by atoms with E-state index in [9.17, 15) is 4.79 Å². The van der Waals surface area contributed by atoms with Gasteiger partial charge in [-0.3, -0.25) is 4.79 Å². The van der Waals surface area contributed by atoms with E-state index in [1.54, 1.807) is 0 Å². The van der Waals surface area contributed by atoms with Gasteiger partial charge >= 0.3 is 0 Å². The number of aryl methyl sites for hydroxylation is 1. The number of hydrogen-bond acceptors (Lipinski definition) is 3. The van der Waals surface area contributed by atoms with E-state index in [4.69, 9.17) is 11.6 Å². The lowest BCUT2D eigenvalue weighted by molar-refractivity contribution is 0.112. The van der Waals surface area contributed by atoms with Crippen LogP contribution in [-0.4, -0.2) is 16.3 Å². The van der Waals surface area contributed by atoms with Crippen LogP contribution in [0.25, 0.3) is 11.4 Å². The average Bonchev–Trinajstić information content (AvgIpc) is 2.33. The lowest BCUT2D eigenvalue weighted by Crippen LogP contribution is -1.91. The molecule has 1 aromatic carbocycles. The van der Waals surface area contributed by atoms with Crippen molar-refractivity contribution in [2.45, 2.75) is 6.92 Å². The van der Waals surface area contributed by atoms with Crippen molar-refractivity contribution in [3.05, 3.63) is 46.7 Å². The number of benzene rings is 1. The maximum Gasteiger partial charge on any atom is 0.159 e. The highest BCUT2D eigenvalue weighted by atomic mass is 35.5. The number of carbonyl (C=O) groups excluding carboxylic acids is 1. The molecule has 0 amide bonds. The Morgan fingerprint density at radius 2 is 1.94 bits per heavy atom. The molecule has 4 heteroatoms. The molecule has 0 bridgehead atoms. The highest BCUT2D eigenvalue weighted by Gasteiger charge is 2.03. The van der Waals surface area contributed by atoms with Crippen molar-refractivity contribution in [2.24, 2.45) is 0 Å². The monoisotopic (exact) mass is 232 g/mol. The van der Waals surface area contributed by atoms with Gasteiger partial charge in [-0.25, -0.2) is 9.97 Å². The Balaban J connectivity index is 2.42. The highest BCUT2D eigenvalue weighted by molar-refractivity contribution is 6.31. The fourth-order valence-corrected chi connectivity index (χ4v) is 1.46. The Kier molecular flexibility index (Phi) is 2.97. The largest absolute Gasteiger partial charge is 0.298 e. The van der Waals surface area contributed by atoms with E-state index in [0.717, 1.165) is 11.1 Å². The van der Waals surface area contributed by atoms with E-state index in [2.05, 4.69) is 9.97 Å². The number of nitrogens with zero attached hydrogens (tertiary/aromatic N) is 2. The summed E-state index contributed by atoms with van der Waals surface area (Å²) in [5, 5.41) is 0.681. The van der Waals surface area contributed by atoms with Gasteiger partial charge in [0.25, 0.3) is 0 Å². The second-order valence-corrected chi connectivity index (χ2v) is 3.83. The lowest BCUT2D eigenvalue weighted by atomic mass is 10.1. The van der Waals surface area contributed by atoms with E-state index in [-0.39, 0.29) is 0 Å². The summed E-state index contributed by atoms with van der Waals surface area (Å²) in [6, 6.07) is 5.62. The molecular formula is C12H9ClN2O.